The molecule has 0 aliphatic carbocycles. The van der Waals surface area contributed by atoms with E-state index in [1.165, 1.54) is 19.3 Å². The highest BCUT2D eigenvalue weighted by molar-refractivity contribution is 6.09. The first-order chi connectivity index (χ1) is 12.0. The number of methoxy groups -OCH3 is 1. The van der Waals surface area contributed by atoms with Crippen LogP contribution in [0.3, 0.4) is 0 Å². The molecule has 2 rings (SSSR count). The van der Waals surface area contributed by atoms with E-state index in [2.05, 4.69) is 4.90 Å². The van der Waals surface area contributed by atoms with Gasteiger partial charge in [-0.15, -0.1) is 0 Å². The number of rotatable bonds is 6. The lowest BCUT2D eigenvalue weighted by Gasteiger charge is -2.31. The minimum absolute atomic E-state index is 0.136. The molecule has 25 heavy (non-hydrogen) atoms. The van der Waals surface area contributed by atoms with E-state index in [0.717, 1.165) is 18.7 Å². The summed E-state index contributed by atoms with van der Waals surface area (Å²) in [5.74, 6) is 0.734. The summed E-state index contributed by atoms with van der Waals surface area (Å²) >= 11 is 0. The Morgan fingerprint density at radius 2 is 1.80 bits per heavy atom. The zero-order chi connectivity index (χ0) is 18.4. The van der Waals surface area contributed by atoms with Crippen LogP contribution in [0.15, 0.2) is 24.3 Å². The summed E-state index contributed by atoms with van der Waals surface area (Å²) in [6, 6.07) is 3.44. The summed E-state index contributed by atoms with van der Waals surface area (Å²) in [5, 5.41) is 0. The van der Waals surface area contributed by atoms with Gasteiger partial charge in [0.2, 0.25) is 5.91 Å². The summed E-state index contributed by atoms with van der Waals surface area (Å²) in [5.41, 5.74) is 1.27. The third kappa shape index (κ3) is 4.82. The highest BCUT2D eigenvalue weighted by atomic mass is 16.5. The van der Waals surface area contributed by atoms with Gasteiger partial charge in [-0.05, 0) is 38.6 Å². The second-order valence-electron chi connectivity index (χ2n) is 6.08. The van der Waals surface area contributed by atoms with Crippen LogP contribution in [-0.2, 0) is 4.79 Å². The van der Waals surface area contributed by atoms with Crippen molar-refractivity contribution in [1.29, 1.82) is 0 Å². The molecule has 0 bridgehead atoms. The Hall–Kier alpha value is -2.34. The highest BCUT2D eigenvalue weighted by Crippen LogP contribution is 2.29. The van der Waals surface area contributed by atoms with Crippen LogP contribution in [0.5, 0.6) is 11.5 Å². The molecule has 6 nitrogen and oxygen atoms in total. The van der Waals surface area contributed by atoms with Gasteiger partial charge in [-0.25, -0.2) is 0 Å². The fourth-order valence-electron chi connectivity index (χ4n) is 2.71. The molecule has 0 aromatic heterocycles. The molecule has 0 unspecified atom stereocenters. The normalized spacial score (nSPS) is 15.4. The number of likely N-dealkylation sites (N-methyl/N-ethyl adjacent to an activating group) is 1. The molecule has 1 heterocycles. The van der Waals surface area contributed by atoms with Crippen molar-refractivity contribution in [2.24, 2.45) is 0 Å². The zero-order valence-corrected chi connectivity index (χ0v) is 15.4. The summed E-state index contributed by atoms with van der Waals surface area (Å²) in [6.45, 7) is 7.37. The standard InChI is InChI=1S/C19H26N2O4/c1-5-25-17-13-18(24-4)15(12-14(17)2)16(22)6-7-19(23)21-10-8-20(3)9-11-21/h6-7,12-13H,5,8-11H2,1-4H3. The molecular formula is C19H26N2O4. The molecule has 1 fully saturated rings. The van der Waals surface area contributed by atoms with Crippen LogP contribution in [0, 0.1) is 6.92 Å². The fraction of sp³-hybridized carbons (Fsp3) is 0.474. The van der Waals surface area contributed by atoms with Crippen molar-refractivity contribution in [2.75, 3.05) is 46.9 Å². The van der Waals surface area contributed by atoms with Crippen LogP contribution in [-0.4, -0.2) is 68.4 Å². The van der Waals surface area contributed by atoms with Gasteiger partial charge in [0.15, 0.2) is 5.78 Å². The van der Waals surface area contributed by atoms with Gasteiger partial charge in [0.1, 0.15) is 11.5 Å². The number of hydrogen-bond acceptors (Lipinski definition) is 5. The molecule has 0 radical (unpaired) electrons. The molecular weight excluding hydrogens is 320 g/mol. The smallest absolute Gasteiger partial charge is 0.246 e. The van der Waals surface area contributed by atoms with Gasteiger partial charge in [0, 0.05) is 38.3 Å². The topological polar surface area (TPSA) is 59.1 Å². The second kappa shape index (κ2) is 8.67. The molecule has 1 amide bonds. The summed E-state index contributed by atoms with van der Waals surface area (Å²) in [4.78, 5) is 28.6. The molecule has 6 heteroatoms. The number of ether oxygens (including phenoxy) is 2. The van der Waals surface area contributed by atoms with Crippen molar-refractivity contribution in [2.45, 2.75) is 13.8 Å². The minimum Gasteiger partial charge on any atom is -0.496 e. The highest BCUT2D eigenvalue weighted by Gasteiger charge is 2.18. The van der Waals surface area contributed by atoms with Crippen LogP contribution in [0.4, 0.5) is 0 Å². The summed E-state index contributed by atoms with van der Waals surface area (Å²) < 4.78 is 10.8. The van der Waals surface area contributed by atoms with Crippen LogP contribution < -0.4 is 9.47 Å². The van der Waals surface area contributed by atoms with E-state index < -0.39 is 0 Å². The third-order valence-corrected chi connectivity index (χ3v) is 4.25. The lowest BCUT2D eigenvalue weighted by atomic mass is 10.0. The number of nitrogens with zero attached hydrogens (tertiary/aromatic N) is 2. The fourth-order valence-corrected chi connectivity index (χ4v) is 2.71. The maximum atomic E-state index is 12.5. The second-order valence-corrected chi connectivity index (χ2v) is 6.08. The monoisotopic (exact) mass is 346 g/mol. The average molecular weight is 346 g/mol. The van der Waals surface area contributed by atoms with Crippen molar-refractivity contribution in [3.05, 3.63) is 35.4 Å². The van der Waals surface area contributed by atoms with Gasteiger partial charge in [0.25, 0.3) is 0 Å². The number of amides is 1. The van der Waals surface area contributed by atoms with Crippen LogP contribution in [0.1, 0.15) is 22.8 Å². The molecule has 1 saturated heterocycles. The molecule has 0 spiro atoms. The number of hydrogen-bond donors (Lipinski definition) is 0. The van der Waals surface area contributed by atoms with Gasteiger partial charge in [-0.2, -0.15) is 0 Å². The van der Waals surface area contributed by atoms with E-state index >= 15 is 0 Å². The lowest BCUT2D eigenvalue weighted by Crippen LogP contribution is -2.46. The van der Waals surface area contributed by atoms with Crippen LogP contribution in [0.25, 0.3) is 0 Å². The largest absolute Gasteiger partial charge is 0.496 e. The predicted octanol–water partition coefficient (Wildman–Crippen LogP) is 1.92. The first-order valence-corrected chi connectivity index (χ1v) is 8.47. The van der Waals surface area contributed by atoms with Crippen molar-refractivity contribution in [3.8, 4) is 11.5 Å². The average Bonchev–Trinajstić information content (AvgIpc) is 2.61. The van der Waals surface area contributed by atoms with Crippen molar-refractivity contribution in [1.82, 2.24) is 9.80 Å². The molecule has 0 saturated carbocycles. The van der Waals surface area contributed by atoms with Crippen molar-refractivity contribution >= 4 is 11.7 Å². The van der Waals surface area contributed by atoms with Gasteiger partial charge < -0.3 is 19.3 Å². The SMILES string of the molecule is CCOc1cc(OC)c(C(=O)C=CC(=O)N2CCN(C)CC2)cc1C. The number of allylic oxidation sites excluding steroid dienone is 1. The van der Waals surface area contributed by atoms with E-state index in [4.69, 9.17) is 9.47 Å². The Morgan fingerprint density at radius 3 is 2.40 bits per heavy atom. The molecule has 0 atom stereocenters. The van der Waals surface area contributed by atoms with E-state index in [0.29, 0.717) is 36.8 Å². The Labute approximate surface area is 149 Å². The van der Waals surface area contributed by atoms with E-state index in [-0.39, 0.29) is 11.7 Å². The third-order valence-electron chi connectivity index (χ3n) is 4.25. The Bertz CT molecular complexity index is 662. The first kappa shape index (κ1) is 19.0. The number of ketones is 1. The number of carbonyl (C=O) groups excluding carboxylic acids is 2. The van der Waals surface area contributed by atoms with Crippen LogP contribution >= 0.6 is 0 Å². The van der Waals surface area contributed by atoms with E-state index in [1.807, 2.05) is 20.9 Å². The Morgan fingerprint density at radius 1 is 1.12 bits per heavy atom. The predicted molar refractivity (Wildman–Crippen MR) is 96.4 cm³/mol. The number of piperazine rings is 1. The van der Waals surface area contributed by atoms with Gasteiger partial charge in [0.05, 0.1) is 19.3 Å². The molecule has 1 aromatic carbocycles. The number of aryl methyl sites for hydroxylation is 1. The van der Waals surface area contributed by atoms with E-state index in [9.17, 15) is 9.59 Å². The molecule has 1 aromatic rings. The minimum atomic E-state index is -0.259. The van der Waals surface area contributed by atoms with Gasteiger partial charge in [-0.1, -0.05) is 0 Å². The summed E-state index contributed by atoms with van der Waals surface area (Å²) in [6.07, 6.45) is 2.66. The zero-order valence-electron chi connectivity index (χ0n) is 15.4. The van der Waals surface area contributed by atoms with Crippen LogP contribution in [0.2, 0.25) is 0 Å². The Kier molecular flexibility index (Phi) is 6.58. The van der Waals surface area contributed by atoms with E-state index in [1.54, 1.807) is 17.0 Å². The summed E-state index contributed by atoms with van der Waals surface area (Å²) in [7, 11) is 3.54. The quantitative estimate of drug-likeness (QED) is 0.582. The first-order valence-electron chi connectivity index (χ1n) is 8.47. The maximum Gasteiger partial charge on any atom is 0.246 e. The molecule has 1 aliphatic rings. The van der Waals surface area contributed by atoms with Crippen molar-refractivity contribution in [3.63, 3.8) is 0 Å². The maximum absolute atomic E-state index is 12.5. The van der Waals surface area contributed by atoms with Gasteiger partial charge >= 0.3 is 0 Å². The lowest BCUT2D eigenvalue weighted by molar-refractivity contribution is -0.127. The Balaban J connectivity index is 2.11. The van der Waals surface area contributed by atoms with Crippen molar-refractivity contribution < 1.29 is 19.1 Å². The molecule has 1 aliphatic heterocycles. The van der Waals surface area contributed by atoms with Gasteiger partial charge in [-0.3, -0.25) is 9.59 Å². The number of carbonyl (C=O) groups is 2. The molecule has 136 valence electrons. The number of benzene rings is 1. The molecule has 0 N–H and O–H groups in total.